The van der Waals surface area contributed by atoms with Crippen molar-refractivity contribution in [1.82, 2.24) is 10.2 Å². The van der Waals surface area contributed by atoms with E-state index in [-0.39, 0.29) is 34.3 Å². The summed E-state index contributed by atoms with van der Waals surface area (Å²) in [6.07, 6.45) is 8.14. The van der Waals surface area contributed by atoms with Gasteiger partial charge in [0.25, 0.3) is 0 Å². The Morgan fingerprint density at radius 1 is 1.00 bits per heavy atom. The highest BCUT2D eigenvalue weighted by atomic mass is 16.5. The van der Waals surface area contributed by atoms with Crippen LogP contribution < -0.4 is 5.32 Å². The maximum absolute atomic E-state index is 13.2. The van der Waals surface area contributed by atoms with Crippen LogP contribution >= 0.6 is 0 Å². The van der Waals surface area contributed by atoms with Crippen molar-refractivity contribution in [3.63, 3.8) is 0 Å². The van der Waals surface area contributed by atoms with E-state index in [1.54, 1.807) is 7.11 Å². The van der Waals surface area contributed by atoms with Gasteiger partial charge in [0.1, 0.15) is 0 Å². The number of hydrogen-bond acceptors (Lipinski definition) is 5. The molecule has 0 bridgehead atoms. The number of amides is 1. The Labute approximate surface area is 217 Å². The maximum Gasteiger partial charge on any atom is 0.237 e. The van der Waals surface area contributed by atoms with Gasteiger partial charge in [0.2, 0.25) is 5.91 Å². The Morgan fingerprint density at radius 2 is 1.66 bits per heavy atom. The van der Waals surface area contributed by atoms with E-state index in [1.807, 2.05) is 0 Å². The van der Waals surface area contributed by atoms with Crippen molar-refractivity contribution in [3.05, 3.63) is 0 Å². The lowest BCUT2D eigenvalue weighted by Crippen LogP contribution is -2.54. The molecule has 1 N–H and O–H groups in total. The van der Waals surface area contributed by atoms with Crippen LogP contribution in [0.1, 0.15) is 121 Å². The quantitative estimate of drug-likeness (QED) is 0.262. The van der Waals surface area contributed by atoms with Gasteiger partial charge < -0.3 is 19.5 Å². The number of carbonyl (C=O) groups excluding carboxylic acids is 1. The van der Waals surface area contributed by atoms with E-state index < -0.39 is 0 Å². The molecule has 1 amide bonds. The molecule has 6 nitrogen and oxygen atoms in total. The van der Waals surface area contributed by atoms with E-state index in [0.29, 0.717) is 12.7 Å². The molecule has 0 saturated carbocycles. The second-order valence-corrected chi connectivity index (χ2v) is 13.0. The minimum absolute atomic E-state index is 0.0624. The van der Waals surface area contributed by atoms with Crippen LogP contribution in [-0.2, 0) is 19.0 Å². The summed E-state index contributed by atoms with van der Waals surface area (Å²) in [6, 6.07) is -0.0624. The summed E-state index contributed by atoms with van der Waals surface area (Å²) in [4.78, 5) is 15.5. The van der Waals surface area contributed by atoms with Crippen LogP contribution in [0, 0.1) is 0 Å². The standard InChI is InChI=1S/C29H58N2O4/c1-12-15-23(13-2)35-28(7,8)18-21-34-27(5,6)17-20-31-19-14-16-24(31)25(32)30-26(3,4)22-29(9,10)33-11/h23-24H,12-22H2,1-11H3,(H,30,32). The largest absolute Gasteiger partial charge is 0.379 e. The van der Waals surface area contributed by atoms with E-state index in [0.717, 1.165) is 64.5 Å². The molecule has 0 aromatic rings. The highest BCUT2D eigenvalue weighted by molar-refractivity contribution is 5.82. The molecule has 208 valence electrons. The van der Waals surface area contributed by atoms with Gasteiger partial charge in [-0.2, -0.15) is 0 Å². The van der Waals surface area contributed by atoms with E-state index in [9.17, 15) is 4.79 Å². The SMILES string of the molecule is CCCC(CC)OC(C)(C)CCOC(C)(C)CCN1CCCC1C(=O)NC(C)(C)CC(C)(C)OC. The van der Waals surface area contributed by atoms with Crippen LogP contribution in [0.2, 0.25) is 0 Å². The highest BCUT2D eigenvalue weighted by Gasteiger charge is 2.36. The monoisotopic (exact) mass is 498 g/mol. The van der Waals surface area contributed by atoms with E-state index in [2.05, 4.69) is 79.5 Å². The molecule has 2 unspecified atom stereocenters. The van der Waals surface area contributed by atoms with Gasteiger partial charge in [0.15, 0.2) is 0 Å². The van der Waals surface area contributed by atoms with Gasteiger partial charge in [-0.1, -0.05) is 20.3 Å². The summed E-state index contributed by atoms with van der Waals surface area (Å²) >= 11 is 0. The van der Waals surface area contributed by atoms with Gasteiger partial charge in [-0.25, -0.2) is 0 Å². The second kappa shape index (κ2) is 13.7. The summed E-state index contributed by atoms with van der Waals surface area (Å²) < 4.78 is 18.3. The summed E-state index contributed by atoms with van der Waals surface area (Å²) in [5.74, 6) is 0.134. The normalized spacial score (nSPS) is 19.2. The predicted octanol–water partition coefficient (Wildman–Crippen LogP) is 6.11. The van der Waals surface area contributed by atoms with Crippen LogP contribution in [0.3, 0.4) is 0 Å². The first-order valence-corrected chi connectivity index (χ1v) is 14.0. The van der Waals surface area contributed by atoms with Crippen LogP contribution in [0.25, 0.3) is 0 Å². The van der Waals surface area contributed by atoms with Crippen molar-refractivity contribution in [2.45, 2.75) is 155 Å². The smallest absolute Gasteiger partial charge is 0.237 e. The van der Waals surface area contributed by atoms with Crippen LogP contribution in [0.15, 0.2) is 0 Å². The zero-order valence-electron chi connectivity index (χ0n) is 25.0. The summed E-state index contributed by atoms with van der Waals surface area (Å²) in [7, 11) is 1.73. The Balaban J connectivity index is 2.54. The number of likely N-dealkylation sites (tertiary alicyclic amines) is 1. The van der Waals surface area contributed by atoms with Crippen LogP contribution in [0.4, 0.5) is 0 Å². The molecule has 6 heteroatoms. The third kappa shape index (κ3) is 12.4. The number of carbonyl (C=O) groups is 1. The van der Waals surface area contributed by atoms with Crippen LogP contribution in [0.5, 0.6) is 0 Å². The van der Waals surface area contributed by atoms with Crippen molar-refractivity contribution in [3.8, 4) is 0 Å². The fourth-order valence-electron chi connectivity index (χ4n) is 5.22. The number of ether oxygens (including phenoxy) is 3. The Morgan fingerprint density at radius 3 is 2.23 bits per heavy atom. The van der Waals surface area contributed by atoms with E-state index in [4.69, 9.17) is 14.2 Å². The minimum Gasteiger partial charge on any atom is -0.379 e. The fourth-order valence-corrected chi connectivity index (χ4v) is 5.22. The predicted molar refractivity (Wildman–Crippen MR) is 146 cm³/mol. The maximum atomic E-state index is 13.2. The molecule has 1 aliphatic heterocycles. The van der Waals surface area contributed by atoms with Crippen LogP contribution in [-0.4, -0.2) is 72.1 Å². The minimum atomic E-state index is -0.323. The molecule has 1 heterocycles. The molecule has 0 radical (unpaired) electrons. The number of hydrogen-bond donors (Lipinski definition) is 1. The van der Waals surface area contributed by atoms with Gasteiger partial charge in [-0.3, -0.25) is 9.69 Å². The third-order valence-corrected chi connectivity index (χ3v) is 7.30. The molecule has 1 aliphatic rings. The summed E-state index contributed by atoms with van der Waals surface area (Å²) in [5.41, 5.74) is -1.03. The van der Waals surface area contributed by atoms with Crippen molar-refractivity contribution >= 4 is 5.91 Å². The molecule has 1 saturated heterocycles. The lowest BCUT2D eigenvalue weighted by Gasteiger charge is -2.37. The molecule has 0 spiro atoms. The zero-order valence-corrected chi connectivity index (χ0v) is 25.0. The van der Waals surface area contributed by atoms with Crippen molar-refractivity contribution in [2.24, 2.45) is 0 Å². The molecule has 0 aromatic heterocycles. The molecule has 1 rings (SSSR count). The zero-order chi connectivity index (χ0) is 26.9. The first-order chi connectivity index (χ1) is 16.1. The highest BCUT2D eigenvalue weighted by Crippen LogP contribution is 2.27. The lowest BCUT2D eigenvalue weighted by molar-refractivity contribution is -0.128. The molecular weight excluding hydrogens is 440 g/mol. The van der Waals surface area contributed by atoms with E-state index in [1.165, 1.54) is 0 Å². The fraction of sp³-hybridized carbons (Fsp3) is 0.966. The first kappa shape index (κ1) is 32.3. The molecule has 0 aliphatic carbocycles. The summed E-state index contributed by atoms with van der Waals surface area (Å²) in [5, 5.41) is 3.29. The topological polar surface area (TPSA) is 60.0 Å². The van der Waals surface area contributed by atoms with Crippen molar-refractivity contribution < 1.29 is 19.0 Å². The number of nitrogens with one attached hydrogen (secondary N) is 1. The van der Waals surface area contributed by atoms with E-state index >= 15 is 0 Å². The average Bonchev–Trinajstić information content (AvgIpc) is 3.19. The Kier molecular flexibility index (Phi) is 12.7. The summed E-state index contributed by atoms with van der Waals surface area (Å²) in [6.45, 7) is 23.9. The van der Waals surface area contributed by atoms with Gasteiger partial charge in [-0.15, -0.1) is 0 Å². The third-order valence-electron chi connectivity index (χ3n) is 7.30. The molecule has 2 atom stereocenters. The molecule has 0 aromatic carbocycles. The first-order valence-electron chi connectivity index (χ1n) is 14.0. The molecule has 1 fully saturated rings. The molecular formula is C29H58N2O4. The van der Waals surface area contributed by atoms with Gasteiger partial charge >= 0.3 is 0 Å². The van der Waals surface area contributed by atoms with Gasteiger partial charge in [0, 0.05) is 19.2 Å². The lowest BCUT2D eigenvalue weighted by atomic mass is 9.89. The average molecular weight is 499 g/mol. The van der Waals surface area contributed by atoms with Gasteiger partial charge in [0.05, 0.1) is 35.6 Å². The van der Waals surface area contributed by atoms with Crippen molar-refractivity contribution in [1.29, 1.82) is 0 Å². The Hall–Kier alpha value is -0.690. The second-order valence-electron chi connectivity index (χ2n) is 13.0. The van der Waals surface area contributed by atoms with Crippen molar-refractivity contribution in [2.75, 3.05) is 26.8 Å². The number of nitrogens with zero attached hydrogens (tertiary/aromatic N) is 1. The number of rotatable bonds is 17. The Bertz CT molecular complexity index is 630. The molecule has 35 heavy (non-hydrogen) atoms. The van der Waals surface area contributed by atoms with Gasteiger partial charge in [-0.05, 0) is 107 Å². The number of methoxy groups -OCH3 is 1.